The zero-order chi connectivity index (χ0) is 19.3. The van der Waals surface area contributed by atoms with E-state index in [2.05, 4.69) is 15.5 Å². The summed E-state index contributed by atoms with van der Waals surface area (Å²) in [6.45, 7) is 0. The number of hydrogen-bond acceptors (Lipinski definition) is 4. The molecule has 5 heteroatoms. The first-order valence-corrected chi connectivity index (χ1v) is 8.78. The Kier molecular flexibility index (Phi) is 4.80. The lowest BCUT2D eigenvalue weighted by Crippen LogP contribution is -2.18. The maximum atomic E-state index is 12.8. The highest BCUT2D eigenvalue weighted by atomic mass is 16.3. The van der Waals surface area contributed by atoms with Crippen molar-refractivity contribution < 1.29 is 9.90 Å². The molecule has 0 bridgehead atoms. The zero-order valence-electron chi connectivity index (χ0n) is 14.9. The quantitative estimate of drug-likeness (QED) is 0.415. The van der Waals surface area contributed by atoms with Crippen LogP contribution in [0.3, 0.4) is 0 Å². The number of benzene rings is 3. The van der Waals surface area contributed by atoms with Crippen molar-refractivity contribution in [1.29, 1.82) is 0 Å². The highest BCUT2D eigenvalue weighted by molar-refractivity contribution is 6.07. The lowest BCUT2D eigenvalue weighted by Gasteiger charge is -2.09. The van der Waals surface area contributed by atoms with E-state index in [1.165, 1.54) is 6.21 Å². The SMILES string of the molecule is O=C(N/N=C\c1cccc(O)c1)c1cc(-c2ccccc2)nc2ccccc12. The predicted octanol–water partition coefficient (Wildman–Crippen LogP) is 4.37. The number of hydrogen-bond donors (Lipinski definition) is 2. The van der Waals surface area contributed by atoms with Crippen molar-refractivity contribution >= 4 is 23.0 Å². The third kappa shape index (κ3) is 3.73. The van der Waals surface area contributed by atoms with Crippen molar-refractivity contribution in [3.63, 3.8) is 0 Å². The number of carbonyl (C=O) groups excluding carboxylic acids is 1. The largest absolute Gasteiger partial charge is 0.508 e. The maximum absolute atomic E-state index is 12.8. The van der Waals surface area contributed by atoms with E-state index in [9.17, 15) is 9.90 Å². The highest BCUT2D eigenvalue weighted by Gasteiger charge is 2.13. The number of amides is 1. The number of pyridine rings is 1. The smallest absolute Gasteiger partial charge is 0.272 e. The molecule has 1 aromatic heterocycles. The molecule has 0 saturated carbocycles. The first-order valence-electron chi connectivity index (χ1n) is 8.78. The third-order valence-corrected chi connectivity index (χ3v) is 4.28. The molecule has 136 valence electrons. The fourth-order valence-electron chi connectivity index (χ4n) is 2.95. The number of rotatable bonds is 4. The van der Waals surface area contributed by atoms with Crippen LogP contribution in [0.25, 0.3) is 22.2 Å². The summed E-state index contributed by atoms with van der Waals surface area (Å²) in [7, 11) is 0. The summed E-state index contributed by atoms with van der Waals surface area (Å²) < 4.78 is 0. The summed E-state index contributed by atoms with van der Waals surface area (Å²) in [5, 5.41) is 14.3. The Labute approximate surface area is 162 Å². The van der Waals surface area contributed by atoms with Gasteiger partial charge in [-0.15, -0.1) is 0 Å². The topological polar surface area (TPSA) is 74.6 Å². The minimum Gasteiger partial charge on any atom is -0.508 e. The molecule has 0 radical (unpaired) electrons. The number of aromatic nitrogens is 1. The Balaban J connectivity index is 1.67. The average molecular weight is 367 g/mol. The molecule has 4 aromatic rings. The minimum absolute atomic E-state index is 0.142. The molecule has 0 spiro atoms. The molecule has 1 heterocycles. The molecule has 1 amide bonds. The lowest BCUT2D eigenvalue weighted by molar-refractivity contribution is 0.0956. The van der Waals surface area contributed by atoms with Crippen molar-refractivity contribution in [3.05, 3.63) is 96.1 Å². The second-order valence-corrected chi connectivity index (χ2v) is 6.23. The van der Waals surface area contributed by atoms with Crippen LogP contribution in [-0.4, -0.2) is 22.2 Å². The van der Waals surface area contributed by atoms with Gasteiger partial charge in [-0.1, -0.05) is 60.7 Å². The second kappa shape index (κ2) is 7.72. The van der Waals surface area contributed by atoms with E-state index in [1.807, 2.05) is 54.6 Å². The summed E-state index contributed by atoms with van der Waals surface area (Å²) >= 11 is 0. The Morgan fingerprint density at radius 3 is 2.54 bits per heavy atom. The van der Waals surface area contributed by atoms with Gasteiger partial charge in [0.15, 0.2) is 0 Å². The zero-order valence-corrected chi connectivity index (χ0v) is 14.9. The summed E-state index contributed by atoms with van der Waals surface area (Å²) in [4.78, 5) is 17.5. The second-order valence-electron chi connectivity index (χ2n) is 6.23. The normalized spacial score (nSPS) is 11.0. The lowest BCUT2D eigenvalue weighted by atomic mass is 10.0. The number of phenolic OH excluding ortho intramolecular Hbond substituents is 1. The van der Waals surface area contributed by atoms with Gasteiger partial charge in [-0.3, -0.25) is 4.79 Å². The fraction of sp³-hybridized carbons (Fsp3) is 0. The van der Waals surface area contributed by atoms with E-state index in [1.54, 1.807) is 30.3 Å². The van der Waals surface area contributed by atoms with Crippen LogP contribution in [0.2, 0.25) is 0 Å². The number of phenols is 1. The molecule has 2 N–H and O–H groups in total. The molecule has 0 fully saturated rings. The van der Waals surface area contributed by atoms with E-state index >= 15 is 0 Å². The summed E-state index contributed by atoms with van der Waals surface area (Å²) in [5.74, 6) is -0.185. The standard InChI is InChI=1S/C23H17N3O2/c27-18-10-6-7-16(13-18)15-24-26-23(28)20-14-22(17-8-2-1-3-9-17)25-21-12-5-4-11-19(20)21/h1-15,27H,(H,26,28)/b24-15-. The number of aromatic hydroxyl groups is 1. The van der Waals surface area contributed by atoms with Gasteiger partial charge in [-0.05, 0) is 29.8 Å². The molecule has 0 unspecified atom stereocenters. The highest BCUT2D eigenvalue weighted by Crippen LogP contribution is 2.24. The summed E-state index contributed by atoms with van der Waals surface area (Å²) in [6, 6.07) is 25.6. The molecule has 5 nitrogen and oxygen atoms in total. The monoisotopic (exact) mass is 367 g/mol. The molecule has 0 aliphatic carbocycles. The van der Waals surface area contributed by atoms with Gasteiger partial charge >= 0.3 is 0 Å². The molecule has 0 atom stereocenters. The van der Waals surface area contributed by atoms with Gasteiger partial charge in [0.05, 0.1) is 23.0 Å². The van der Waals surface area contributed by atoms with Gasteiger partial charge in [0.1, 0.15) is 5.75 Å². The van der Waals surface area contributed by atoms with Gasteiger partial charge in [0.25, 0.3) is 5.91 Å². The van der Waals surface area contributed by atoms with Crippen LogP contribution in [0.5, 0.6) is 5.75 Å². The number of hydrazone groups is 1. The number of fused-ring (bicyclic) bond motifs is 1. The van der Waals surface area contributed by atoms with Crippen molar-refractivity contribution in [3.8, 4) is 17.0 Å². The Bertz CT molecular complexity index is 1170. The van der Waals surface area contributed by atoms with E-state index < -0.39 is 0 Å². The first kappa shape index (κ1) is 17.4. The van der Waals surface area contributed by atoms with Crippen LogP contribution in [0.1, 0.15) is 15.9 Å². The van der Waals surface area contributed by atoms with E-state index in [0.717, 1.165) is 22.2 Å². The molecule has 3 aromatic carbocycles. The Morgan fingerprint density at radius 1 is 0.929 bits per heavy atom. The summed E-state index contributed by atoms with van der Waals surface area (Å²) in [5.41, 5.74) is 6.14. The molecule has 4 rings (SSSR count). The number of nitrogens with zero attached hydrogens (tertiary/aromatic N) is 2. The molecule has 0 aliphatic heterocycles. The fourth-order valence-corrected chi connectivity index (χ4v) is 2.95. The van der Waals surface area contributed by atoms with Crippen molar-refractivity contribution in [2.45, 2.75) is 0 Å². The molecule has 0 saturated heterocycles. The molecule has 28 heavy (non-hydrogen) atoms. The Morgan fingerprint density at radius 2 is 1.71 bits per heavy atom. The van der Waals surface area contributed by atoms with Crippen molar-refractivity contribution in [2.75, 3.05) is 0 Å². The van der Waals surface area contributed by atoms with Gasteiger partial charge in [-0.2, -0.15) is 5.10 Å². The third-order valence-electron chi connectivity index (χ3n) is 4.28. The van der Waals surface area contributed by atoms with Crippen LogP contribution in [0, 0.1) is 0 Å². The van der Waals surface area contributed by atoms with Gasteiger partial charge in [0.2, 0.25) is 0 Å². The summed E-state index contributed by atoms with van der Waals surface area (Å²) in [6.07, 6.45) is 1.49. The van der Waals surface area contributed by atoms with Gasteiger partial charge < -0.3 is 5.11 Å². The van der Waals surface area contributed by atoms with Gasteiger partial charge in [0, 0.05) is 10.9 Å². The first-order chi connectivity index (χ1) is 13.7. The van der Waals surface area contributed by atoms with E-state index in [4.69, 9.17) is 0 Å². The van der Waals surface area contributed by atoms with Crippen molar-refractivity contribution in [1.82, 2.24) is 10.4 Å². The molecule has 0 aliphatic rings. The Hall–Kier alpha value is -3.99. The average Bonchev–Trinajstić information content (AvgIpc) is 2.73. The number of para-hydroxylation sites is 1. The maximum Gasteiger partial charge on any atom is 0.272 e. The van der Waals surface area contributed by atoms with Gasteiger partial charge in [-0.25, -0.2) is 10.4 Å². The van der Waals surface area contributed by atoms with Crippen LogP contribution in [0.15, 0.2) is 90.0 Å². The number of carbonyl (C=O) groups is 1. The molecular formula is C23H17N3O2. The van der Waals surface area contributed by atoms with E-state index in [-0.39, 0.29) is 11.7 Å². The van der Waals surface area contributed by atoms with Crippen LogP contribution in [-0.2, 0) is 0 Å². The molecular weight excluding hydrogens is 350 g/mol. The predicted molar refractivity (Wildman–Crippen MR) is 110 cm³/mol. The minimum atomic E-state index is -0.327. The van der Waals surface area contributed by atoms with E-state index in [0.29, 0.717) is 11.1 Å². The van der Waals surface area contributed by atoms with Crippen molar-refractivity contribution in [2.24, 2.45) is 5.10 Å². The van der Waals surface area contributed by atoms with Crippen LogP contribution < -0.4 is 5.43 Å². The number of nitrogens with one attached hydrogen (secondary N) is 1. The van der Waals surface area contributed by atoms with Crippen LogP contribution in [0.4, 0.5) is 0 Å². The van der Waals surface area contributed by atoms with Crippen LogP contribution >= 0.6 is 0 Å².